The summed E-state index contributed by atoms with van der Waals surface area (Å²) in [6.07, 6.45) is -0.737. The van der Waals surface area contributed by atoms with Gasteiger partial charge in [-0.3, -0.25) is 0 Å². The van der Waals surface area contributed by atoms with Gasteiger partial charge >= 0.3 is 0 Å². The van der Waals surface area contributed by atoms with Gasteiger partial charge < -0.3 is 9.84 Å². The Bertz CT molecular complexity index is 705. The van der Waals surface area contributed by atoms with E-state index in [0.29, 0.717) is 11.3 Å². The standard InChI is InChI=1S/C10H15NO6S3/c1-17-3-2-6-4-8(12)7-5-9(20(11,15)16)18-10(7)19(6,13)14/h5-6,8,12H,2-4H2,1H3,(H2,11,15,16). The van der Waals surface area contributed by atoms with Crippen LogP contribution in [0.1, 0.15) is 24.5 Å². The Morgan fingerprint density at radius 1 is 1.55 bits per heavy atom. The van der Waals surface area contributed by atoms with Crippen molar-refractivity contribution >= 4 is 31.2 Å². The molecular formula is C10H15NO6S3. The number of ether oxygens (including phenoxy) is 1. The summed E-state index contributed by atoms with van der Waals surface area (Å²) in [5.41, 5.74) is 0.118. The second-order valence-electron chi connectivity index (χ2n) is 4.55. The number of hydrogen-bond donors (Lipinski definition) is 2. The highest BCUT2D eigenvalue weighted by molar-refractivity contribution is 7.95. The molecule has 2 heterocycles. The van der Waals surface area contributed by atoms with E-state index < -0.39 is 31.2 Å². The predicted octanol–water partition coefficient (Wildman–Crippen LogP) is 0.0114. The number of aliphatic hydroxyl groups excluding tert-OH is 1. The minimum absolute atomic E-state index is 0.0273. The first-order chi connectivity index (χ1) is 9.17. The van der Waals surface area contributed by atoms with Crippen molar-refractivity contribution in [2.45, 2.75) is 32.6 Å². The van der Waals surface area contributed by atoms with E-state index in [2.05, 4.69) is 0 Å². The van der Waals surface area contributed by atoms with Crippen LogP contribution in [0.15, 0.2) is 14.5 Å². The quantitative estimate of drug-likeness (QED) is 0.795. The first-order valence-electron chi connectivity index (χ1n) is 5.75. The summed E-state index contributed by atoms with van der Waals surface area (Å²) >= 11 is 0.588. The molecule has 1 aliphatic heterocycles. The maximum absolute atomic E-state index is 12.4. The van der Waals surface area contributed by atoms with E-state index in [1.807, 2.05) is 0 Å². The minimum atomic E-state index is -3.99. The molecule has 20 heavy (non-hydrogen) atoms. The number of nitrogens with two attached hydrogens (primary N) is 1. The molecule has 1 aliphatic rings. The molecule has 3 N–H and O–H groups in total. The lowest BCUT2D eigenvalue weighted by Gasteiger charge is -2.25. The molecule has 0 radical (unpaired) electrons. The van der Waals surface area contributed by atoms with Crippen molar-refractivity contribution in [2.75, 3.05) is 13.7 Å². The van der Waals surface area contributed by atoms with E-state index in [0.717, 1.165) is 6.07 Å². The summed E-state index contributed by atoms with van der Waals surface area (Å²) in [4.78, 5) is 0. The Balaban J connectivity index is 2.51. The zero-order valence-corrected chi connectivity index (χ0v) is 13.1. The van der Waals surface area contributed by atoms with Gasteiger partial charge in [0, 0.05) is 19.3 Å². The molecule has 10 heteroatoms. The van der Waals surface area contributed by atoms with Crippen LogP contribution >= 0.6 is 11.3 Å². The number of rotatable bonds is 4. The van der Waals surface area contributed by atoms with E-state index in [4.69, 9.17) is 9.88 Å². The van der Waals surface area contributed by atoms with Crippen molar-refractivity contribution < 1.29 is 26.7 Å². The smallest absolute Gasteiger partial charge is 0.247 e. The first kappa shape index (κ1) is 15.9. The number of aliphatic hydroxyl groups is 1. The molecule has 114 valence electrons. The summed E-state index contributed by atoms with van der Waals surface area (Å²) in [7, 11) is -6.20. The van der Waals surface area contributed by atoms with Crippen LogP contribution in [0.2, 0.25) is 0 Å². The molecule has 2 atom stereocenters. The Morgan fingerprint density at radius 2 is 2.20 bits per heavy atom. The largest absolute Gasteiger partial charge is 0.388 e. The van der Waals surface area contributed by atoms with E-state index in [1.54, 1.807) is 0 Å². The first-order valence-corrected chi connectivity index (χ1v) is 9.66. The molecule has 0 spiro atoms. The second kappa shape index (κ2) is 5.35. The fourth-order valence-corrected chi connectivity index (χ4v) is 6.79. The van der Waals surface area contributed by atoms with Gasteiger partial charge in [-0.2, -0.15) is 0 Å². The fraction of sp³-hybridized carbons (Fsp3) is 0.600. The molecule has 0 aromatic carbocycles. The Labute approximate surface area is 121 Å². The Kier molecular flexibility index (Phi) is 4.24. The number of sulfonamides is 1. The van der Waals surface area contributed by atoms with Crippen molar-refractivity contribution in [3.63, 3.8) is 0 Å². The van der Waals surface area contributed by atoms with Gasteiger partial charge in [0.05, 0.1) is 11.4 Å². The van der Waals surface area contributed by atoms with E-state index in [-0.39, 0.29) is 33.4 Å². The summed E-state index contributed by atoms with van der Waals surface area (Å²) in [6.45, 7) is 0.249. The van der Waals surface area contributed by atoms with E-state index in [9.17, 15) is 21.9 Å². The van der Waals surface area contributed by atoms with Crippen LogP contribution in [-0.2, 0) is 24.6 Å². The van der Waals surface area contributed by atoms with Crippen LogP contribution < -0.4 is 5.14 Å². The molecule has 7 nitrogen and oxygen atoms in total. The van der Waals surface area contributed by atoms with Crippen molar-refractivity contribution in [1.29, 1.82) is 0 Å². The molecule has 1 aromatic heterocycles. The molecule has 2 rings (SSSR count). The highest BCUT2D eigenvalue weighted by atomic mass is 32.3. The third-order valence-corrected chi connectivity index (χ3v) is 8.54. The van der Waals surface area contributed by atoms with Crippen molar-refractivity contribution in [2.24, 2.45) is 5.14 Å². The van der Waals surface area contributed by atoms with E-state index in [1.165, 1.54) is 7.11 Å². The molecule has 0 bridgehead atoms. The van der Waals surface area contributed by atoms with Gasteiger partial charge in [0.25, 0.3) is 0 Å². The van der Waals surface area contributed by atoms with Crippen LogP contribution in [0.3, 0.4) is 0 Å². The molecule has 2 unspecified atom stereocenters. The van der Waals surface area contributed by atoms with Crippen molar-refractivity contribution in [1.82, 2.24) is 0 Å². The minimum Gasteiger partial charge on any atom is -0.388 e. The van der Waals surface area contributed by atoms with Gasteiger partial charge in [-0.25, -0.2) is 22.0 Å². The summed E-state index contributed by atoms with van der Waals surface area (Å²) < 4.78 is 51.9. The number of primary sulfonamides is 1. The molecule has 1 aromatic rings. The van der Waals surface area contributed by atoms with Crippen LogP contribution in [0, 0.1) is 0 Å². The predicted molar refractivity (Wildman–Crippen MR) is 72.7 cm³/mol. The molecule has 0 saturated carbocycles. The third-order valence-electron chi connectivity index (χ3n) is 3.17. The van der Waals surface area contributed by atoms with Crippen molar-refractivity contribution in [3.8, 4) is 0 Å². The van der Waals surface area contributed by atoms with E-state index >= 15 is 0 Å². The molecule has 0 aliphatic carbocycles. The molecule has 0 saturated heterocycles. The molecular weight excluding hydrogens is 326 g/mol. The van der Waals surface area contributed by atoms with Crippen LogP contribution in [0.25, 0.3) is 0 Å². The fourth-order valence-electron chi connectivity index (χ4n) is 2.14. The van der Waals surface area contributed by atoms with Crippen LogP contribution in [0.4, 0.5) is 0 Å². The normalized spacial score (nSPS) is 25.4. The number of fused-ring (bicyclic) bond motifs is 1. The Morgan fingerprint density at radius 3 is 2.75 bits per heavy atom. The van der Waals surface area contributed by atoms with Gasteiger partial charge in [-0.1, -0.05) is 0 Å². The van der Waals surface area contributed by atoms with Crippen LogP contribution in [0.5, 0.6) is 0 Å². The zero-order chi connectivity index (χ0) is 15.1. The summed E-state index contributed by atoms with van der Waals surface area (Å²) in [6, 6.07) is 1.14. The van der Waals surface area contributed by atoms with Gasteiger partial charge in [0.15, 0.2) is 9.84 Å². The molecule has 0 amide bonds. The Hall–Kier alpha value is -0.520. The highest BCUT2D eigenvalue weighted by Crippen LogP contribution is 2.43. The second-order valence-corrected chi connectivity index (χ2v) is 9.82. The van der Waals surface area contributed by atoms with Gasteiger partial charge in [-0.05, 0) is 18.9 Å². The van der Waals surface area contributed by atoms with Crippen molar-refractivity contribution in [3.05, 3.63) is 11.6 Å². The number of methoxy groups -OCH3 is 1. The summed E-state index contributed by atoms with van der Waals surface area (Å²) in [5.74, 6) is 0. The lowest BCUT2D eigenvalue weighted by Crippen LogP contribution is -2.30. The topological polar surface area (TPSA) is 124 Å². The lowest BCUT2D eigenvalue weighted by atomic mass is 10.1. The average Bonchev–Trinajstić information content (AvgIpc) is 2.78. The SMILES string of the molecule is COCCC1CC(O)c2cc(S(N)(=O)=O)sc2S1(=O)=O. The lowest BCUT2D eigenvalue weighted by molar-refractivity contribution is 0.147. The van der Waals surface area contributed by atoms with Gasteiger partial charge in [0.1, 0.15) is 8.42 Å². The number of sulfone groups is 1. The zero-order valence-electron chi connectivity index (χ0n) is 10.6. The highest BCUT2D eigenvalue weighted by Gasteiger charge is 2.40. The number of thiophene rings is 1. The maximum Gasteiger partial charge on any atom is 0.247 e. The maximum atomic E-state index is 12.4. The van der Waals surface area contributed by atoms with Crippen LogP contribution in [-0.4, -0.2) is 40.9 Å². The van der Waals surface area contributed by atoms with Gasteiger partial charge in [-0.15, -0.1) is 11.3 Å². The molecule has 0 fully saturated rings. The third kappa shape index (κ3) is 2.76. The van der Waals surface area contributed by atoms with Gasteiger partial charge in [0.2, 0.25) is 10.0 Å². The average molecular weight is 341 g/mol. The monoisotopic (exact) mass is 341 g/mol. The summed E-state index contributed by atoms with van der Waals surface area (Å²) in [5, 5.41) is 14.2. The number of hydrogen-bond acceptors (Lipinski definition) is 7.